The van der Waals surface area contributed by atoms with E-state index in [1.54, 1.807) is 12.2 Å². The molecule has 53 heavy (non-hydrogen) atoms. The first-order chi connectivity index (χ1) is 25.4. The number of rotatable bonds is 6. The zero-order chi connectivity index (χ0) is 37.1. The molecule has 3 aromatic carbocycles. The molecular weight excluding hydrogens is 677 g/mol. The molecule has 0 aliphatic carbocycles. The van der Waals surface area contributed by atoms with Gasteiger partial charge in [-0.1, -0.05) is 58.0 Å². The molecular formula is C45H42N4O3S. The molecule has 5 heterocycles. The Morgan fingerprint density at radius 2 is 1.62 bits per heavy atom. The number of hydrogen-bond acceptors (Lipinski definition) is 7. The molecule has 8 rings (SSSR count). The van der Waals surface area contributed by atoms with E-state index in [4.69, 9.17) is 20.7 Å². The fourth-order valence-corrected chi connectivity index (χ4v) is 8.55. The minimum atomic E-state index is -0.395. The maximum Gasteiger partial charge on any atom is 0.343 e. The summed E-state index contributed by atoms with van der Waals surface area (Å²) in [5.41, 5.74) is 8.40. The fraction of sp³-hybridized carbons (Fsp3) is 0.267. The first-order valence-corrected chi connectivity index (χ1v) is 18.9. The Hall–Kier alpha value is -5.65. The summed E-state index contributed by atoms with van der Waals surface area (Å²) in [4.78, 5) is 27.0. The predicted octanol–water partition coefficient (Wildman–Crippen LogP) is 10.5. The summed E-state index contributed by atoms with van der Waals surface area (Å²) in [7, 11) is 4.03. The van der Waals surface area contributed by atoms with E-state index in [0.717, 1.165) is 58.3 Å². The third-order valence-electron chi connectivity index (χ3n) is 10.7. The number of thiazole rings is 1. The zero-order valence-electron chi connectivity index (χ0n) is 31.0. The number of benzene rings is 3. The van der Waals surface area contributed by atoms with Gasteiger partial charge in [-0.25, -0.2) is 14.6 Å². The Bertz CT molecular complexity index is 2520. The molecule has 3 aliphatic rings. The maximum absolute atomic E-state index is 13.7. The number of aromatic nitrogens is 1. The quantitative estimate of drug-likeness (QED) is 0.129. The molecule has 0 unspecified atom stereocenters. The van der Waals surface area contributed by atoms with E-state index in [9.17, 15) is 4.79 Å². The number of nitrogens with zero attached hydrogens (tertiary/aromatic N) is 4. The number of fused-ring (bicyclic) bond motifs is 3. The maximum atomic E-state index is 13.7. The molecule has 2 aromatic heterocycles. The van der Waals surface area contributed by atoms with Crippen LogP contribution in [0.3, 0.4) is 0 Å². The van der Waals surface area contributed by atoms with Crippen LogP contribution in [0.4, 0.5) is 11.4 Å². The molecule has 0 saturated carbocycles. The monoisotopic (exact) mass is 718 g/mol. The summed E-state index contributed by atoms with van der Waals surface area (Å²) in [6.45, 7) is 19.3. The molecule has 0 fully saturated rings. The van der Waals surface area contributed by atoms with E-state index in [-0.39, 0.29) is 10.8 Å². The van der Waals surface area contributed by atoms with Crippen molar-refractivity contribution in [3.05, 3.63) is 151 Å². The normalized spacial score (nSPS) is 18.5. The number of anilines is 2. The highest BCUT2D eigenvalue weighted by Crippen LogP contribution is 2.51. The minimum Gasteiger partial charge on any atom is -0.457 e. The molecule has 0 atom stereocenters. The zero-order valence-corrected chi connectivity index (χ0v) is 31.8. The Kier molecular flexibility index (Phi) is 8.50. The van der Waals surface area contributed by atoms with Gasteiger partial charge in [0.15, 0.2) is 0 Å². The van der Waals surface area contributed by atoms with Crippen molar-refractivity contribution >= 4 is 61.7 Å². The van der Waals surface area contributed by atoms with Gasteiger partial charge >= 0.3 is 5.63 Å². The van der Waals surface area contributed by atoms with Gasteiger partial charge in [0.1, 0.15) is 22.1 Å². The standard InChI is InChI=1S/C45H42N4O3S/c1-44(2)20-22-49-23-21-45(3,4)38-40(49)35(44)27-31-24-29(43(50)52-41(31)38)15-19-34-26-30(39(46-5)42-47-36-10-8-9-11-37(36)53-42)25-33(51-34)18-14-28-12-16-32(17-13-28)48(6)7/h8-19,24-27H,20-23H2,1-4,6-7H3/b18-14+,19-15+,39-30+. The lowest BCUT2D eigenvalue weighted by Crippen LogP contribution is -2.44. The SMILES string of the molecule is [C-]#[N+]/C(=C1C=C(/C=C/c2ccc(N(C)C)cc2)OC(/C=C/c2cc3cc4c5c(c3oc2=O)C(C)(C)CCN5CCC4(C)C)=C\1)c1nc2ccccc2s1. The Balaban J connectivity index is 1.20. The summed E-state index contributed by atoms with van der Waals surface area (Å²) in [6, 6.07) is 20.3. The number of para-hydroxylation sites is 1. The summed E-state index contributed by atoms with van der Waals surface area (Å²) < 4.78 is 13.6. The molecule has 266 valence electrons. The van der Waals surface area contributed by atoms with Crippen LogP contribution < -0.4 is 15.4 Å². The van der Waals surface area contributed by atoms with Crippen LogP contribution in [0.5, 0.6) is 0 Å². The largest absolute Gasteiger partial charge is 0.457 e. The average Bonchev–Trinajstić information content (AvgIpc) is 3.56. The minimum absolute atomic E-state index is 0.00629. The second-order valence-electron chi connectivity index (χ2n) is 15.6. The molecule has 0 saturated heterocycles. The van der Waals surface area contributed by atoms with Gasteiger partial charge in [-0.2, -0.15) is 0 Å². The first-order valence-electron chi connectivity index (χ1n) is 18.0. The van der Waals surface area contributed by atoms with Crippen LogP contribution in [-0.4, -0.2) is 32.2 Å². The molecule has 5 aromatic rings. The van der Waals surface area contributed by atoms with E-state index in [0.29, 0.717) is 38.9 Å². The van der Waals surface area contributed by atoms with Gasteiger partial charge in [0, 0.05) is 49.5 Å². The van der Waals surface area contributed by atoms with Crippen LogP contribution in [0.25, 0.3) is 43.9 Å². The van der Waals surface area contributed by atoms with Crippen molar-refractivity contribution in [3.8, 4) is 0 Å². The van der Waals surface area contributed by atoms with E-state index in [2.05, 4.69) is 72.7 Å². The summed E-state index contributed by atoms with van der Waals surface area (Å²) in [5, 5.41) is 1.57. The summed E-state index contributed by atoms with van der Waals surface area (Å²) in [6.07, 6.45) is 13.2. The van der Waals surface area contributed by atoms with Gasteiger partial charge in [0.25, 0.3) is 0 Å². The van der Waals surface area contributed by atoms with Crippen LogP contribution in [0.2, 0.25) is 0 Å². The molecule has 0 bridgehead atoms. The van der Waals surface area contributed by atoms with E-state index in [1.807, 2.05) is 68.7 Å². The topological polar surface area (TPSA) is 63.2 Å². The van der Waals surface area contributed by atoms with Gasteiger partial charge in [-0.15, -0.1) is 11.3 Å². The Morgan fingerprint density at radius 3 is 2.32 bits per heavy atom. The second kappa shape index (κ2) is 13.1. The molecule has 3 aliphatic heterocycles. The van der Waals surface area contributed by atoms with Crippen molar-refractivity contribution in [1.29, 1.82) is 0 Å². The molecule has 0 N–H and O–H groups in total. The van der Waals surface area contributed by atoms with Crippen molar-refractivity contribution in [2.75, 3.05) is 37.0 Å². The number of allylic oxidation sites excluding steroid dienone is 5. The lowest BCUT2D eigenvalue weighted by Gasteiger charge is -2.48. The average molecular weight is 719 g/mol. The molecule has 0 amide bonds. The van der Waals surface area contributed by atoms with Crippen molar-refractivity contribution in [2.45, 2.75) is 51.4 Å². The third-order valence-corrected chi connectivity index (χ3v) is 11.8. The van der Waals surface area contributed by atoms with Crippen LogP contribution in [0, 0.1) is 6.57 Å². The Morgan fingerprint density at radius 1 is 0.925 bits per heavy atom. The smallest absolute Gasteiger partial charge is 0.343 e. The summed E-state index contributed by atoms with van der Waals surface area (Å²) in [5.74, 6) is 1.05. The van der Waals surface area contributed by atoms with Gasteiger partial charge in [0.2, 0.25) is 5.70 Å². The highest BCUT2D eigenvalue weighted by molar-refractivity contribution is 7.19. The van der Waals surface area contributed by atoms with Crippen LogP contribution in [0.1, 0.15) is 67.8 Å². The molecule has 0 radical (unpaired) electrons. The second-order valence-corrected chi connectivity index (χ2v) is 16.6. The molecule has 7 nitrogen and oxygen atoms in total. The fourth-order valence-electron chi connectivity index (χ4n) is 7.57. The molecule has 0 spiro atoms. The van der Waals surface area contributed by atoms with Crippen LogP contribution in [-0.2, 0) is 15.6 Å². The van der Waals surface area contributed by atoms with E-state index < -0.39 is 5.63 Å². The highest BCUT2D eigenvalue weighted by atomic mass is 32.1. The van der Waals surface area contributed by atoms with E-state index in [1.165, 1.54) is 22.6 Å². The van der Waals surface area contributed by atoms with Gasteiger partial charge in [0.05, 0.1) is 22.4 Å². The number of ether oxygens (including phenoxy) is 1. The van der Waals surface area contributed by atoms with Gasteiger partial charge in [-0.05, 0) is 107 Å². The van der Waals surface area contributed by atoms with E-state index >= 15 is 0 Å². The van der Waals surface area contributed by atoms with Gasteiger partial charge in [-0.3, -0.25) is 0 Å². The predicted molar refractivity (Wildman–Crippen MR) is 219 cm³/mol. The molecule has 8 heteroatoms. The van der Waals surface area contributed by atoms with Crippen LogP contribution in [0.15, 0.2) is 111 Å². The van der Waals surface area contributed by atoms with Crippen molar-refractivity contribution < 1.29 is 9.15 Å². The third kappa shape index (κ3) is 6.40. The van der Waals surface area contributed by atoms with Crippen molar-refractivity contribution in [2.24, 2.45) is 0 Å². The van der Waals surface area contributed by atoms with Crippen molar-refractivity contribution in [3.63, 3.8) is 0 Å². The van der Waals surface area contributed by atoms with Crippen LogP contribution >= 0.6 is 11.3 Å². The number of hydrogen-bond donors (Lipinski definition) is 0. The first kappa shape index (κ1) is 34.4. The lowest BCUT2D eigenvalue weighted by atomic mass is 9.69. The Labute approximate surface area is 314 Å². The highest BCUT2D eigenvalue weighted by Gasteiger charge is 2.42. The summed E-state index contributed by atoms with van der Waals surface area (Å²) >= 11 is 1.49. The van der Waals surface area contributed by atoms with Gasteiger partial charge < -0.3 is 19.0 Å². The lowest BCUT2D eigenvalue weighted by molar-refractivity contribution is 0.332. The van der Waals surface area contributed by atoms with Crippen molar-refractivity contribution in [1.82, 2.24) is 4.98 Å².